The molecule has 1 aliphatic heterocycles. The third-order valence-electron chi connectivity index (χ3n) is 4.41. The number of thioether (sulfide) groups is 1. The highest BCUT2D eigenvalue weighted by atomic mass is 32.2. The minimum absolute atomic E-state index is 0.334. The number of aliphatic carboxylic acids is 1. The summed E-state index contributed by atoms with van der Waals surface area (Å²) in [5.74, 6) is -1.24. The monoisotopic (exact) mass is 352 g/mol. The highest BCUT2D eigenvalue weighted by Gasteiger charge is 2.33. The molecule has 1 aliphatic rings. The second kappa shape index (κ2) is 7.15. The molecule has 4 nitrogen and oxygen atoms in total. The minimum atomic E-state index is -0.905. The van der Waals surface area contributed by atoms with Crippen molar-refractivity contribution in [2.24, 2.45) is 0 Å². The summed E-state index contributed by atoms with van der Waals surface area (Å²) < 4.78 is 0. The van der Waals surface area contributed by atoms with Crippen LogP contribution in [0.5, 0.6) is 0 Å². The first kappa shape index (κ1) is 17.3. The number of hydrogen-bond donors (Lipinski definition) is 2. The number of benzene rings is 1. The standard InChI is InChI=1S/C20H20N2O2S/c1-12-17(15-5-4-10-21-11-15)19(18(20(23)24)13(2)22-12)14-6-8-16(25-3)9-7-14/h4-11,19,22H,1-3H3,(H,23,24). The zero-order chi connectivity index (χ0) is 18.0. The summed E-state index contributed by atoms with van der Waals surface area (Å²) in [6.07, 6.45) is 5.53. The molecule has 128 valence electrons. The summed E-state index contributed by atoms with van der Waals surface area (Å²) in [7, 11) is 0. The van der Waals surface area contributed by atoms with E-state index in [9.17, 15) is 9.90 Å². The molecule has 2 aromatic rings. The lowest BCUT2D eigenvalue weighted by atomic mass is 9.78. The Morgan fingerprint density at radius 1 is 1.16 bits per heavy atom. The third-order valence-corrected chi connectivity index (χ3v) is 5.16. The lowest BCUT2D eigenvalue weighted by Gasteiger charge is -2.31. The number of dihydropyridines is 1. The molecule has 5 heteroatoms. The molecule has 1 atom stereocenters. The van der Waals surface area contributed by atoms with Crippen LogP contribution >= 0.6 is 11.8 Å². The molecule has 2 heterocycles. The van der Waals surface area contributed by atoms with E-state index in [1.807, 2.05) is 56.5 Å². The normalized spacial score (nSPS) is 17.5. The number of pyridine rings is 1. The van der Waals surface area contributed by atoms with E-state index in [1.54, 1.807) is 24.2 Å². The van der Waals surface area contributed by atoms with Gasteiger partial charge in [-0.1, -0.05) is 18.2 Å². The van der Waals surface area contributed by atoms with Crippen molar-refractivity contribution in [3.63, 3.8) is 0 Å². The molecule has 0 fully saturated rings. The predicted molar refractivity (Wildman–Crippen MR) is 101 cm³/mol. The molecule has 0 radical (unpaired) electrons. The van der Waals surface area contributed by atoms with Crippen LogP contribution in [-0.4, -0.2) is 22.3 Å². The van der Waals surface area contributed by atoms with Gasteiger partial charge >= 0.3 is 5.97 Å². The van der Waals surface area contributed by atoms with E-state index in [2.05, 4.69) is 10.3 Å². The fourth-order valence-corrected chi connectivity index (χ4v) is 3.72. The Morgan fingerprint density at radius 3 is 2.44 bits per heavy atom. The Kier molecular flexibility index (Phi) is 4.95. The van der Waals surface area contributed by atoms with Crippen LogP contribution in [0, 0.1) is 0 Å². The number of carbonyl (C=O) groups is 1. The van der Waals surface area contributed by atoms with Crippen molar-refractivity contribution in [2.45, 2.75) is 24.7 Å². The van der Waals surface area contributed by atoms with Crippen molar-refractivity contribution in [2.75, 3.05) is 6.26 Å². The Balaban J connectivity index is 2.20. The van der Waals surface area contributed by atoms with Crippen LogP contribution in [0.4, 0.5) is 0 Å². The van der Waals surface area contributed by atoms with Gasteiger partial charge in [0.25, 0.3) is 0 Å². The van der Waals surface area contributed by atoms with Gasteiger partial charge in [0, 0.05) is 34.6 Å². The zero-order valence-corrected chi connectivity index (χ0v) is 15.2. The Morgan fingerprint density at radius 2 is 1.88 bits per heavy atom. The molecule has 1 aromatic heterocycles. The van der Waals surface area contributed by atoms with Crippen LogP contribution < -0.4 is 5.32 Å². The molecule has 0 saturated heterocycles. The SMILES string of the molecule is CSc1ccc(C2C(C(=O)O)=C(C)NC(C)=C2c2cccnc2)cc1. The van der Waals surface area contributed by atoms with Crippen molar-refractivity contribution >= 4 is 23.3 Å². The van der Waals surface area contributed by atoms with Crippen molar-refractivity contribution < 1.29 is 9.90 Å². The maximum absolute atomic E-state index is 12.0. The van der Waals surface area contributed by atoms with Gasteiger partial charge in [0.1, 0.15) is 0 Å². The van der Waals surface area contributed by atoms with E-state index in [1.165, 1.54) is 0 Å². The van der Waals surface area contributed by atoms with Crippen LogP contribution in [0.25, 0.3) is 5.57 Å². The topological polar surface area (TPSA) is 62.2 Å². The van der Waals surface area contributed by atoms with E-state index >= 15 is 0 Å². The number of aromatic nitrogens is 1. The van der Waals surface area contributed by atoms with Gasteiger partial charge in [-0.25, -0.2) is 4.79 Å². The number of hydrogen-bond acceptors (Lipinski definition) is 4. The fraction of sp³-hybridized carbons (Fsp3) is 0.200. The molecule has 3 rings (SSSR count). The largest absolute Gasteiger partial charge is 0.478 e. The van der Waals surface area contributed by atoms with E-state index in [0.717, 1.165) is 27.3 Å². The van der Waals surface area contributed by atoms with Crippen molar-refractivity contribution in [3.8, 4) is 0 Å². The van der Waals surface area contributed by atoms with Gasteiger partial charge in [-0.05, 0) is 55.0 Å². The maximum Gasteiger partial charge on any atom is 0.334 e. The predicted octanol–water partition coefficient (Wildman–Crippen LogP) is 4.28. The average Bonchev–Trinajstić information content (AvgIpc) is 2.61. The molecule has 1 unspecified atom stereocenters. The summed E-state index contributed by atoms with van der Waals surface area (Å²) in [6.45, 7) is 3.80. The lowest BCUT2D eigenvalue weighted by molar-refractivity contribution is -0.132. The molecule has 0 spiro atoms. The average molecular weight is 352 g/mol. The van der Waals surface area contributed by atoms with Crippen LogP contribution in [0.2, 0.25) is 0 Å². The Bertz CT molecular complexity index is 855. The lowest BCUT2D eigenvalue weighted by Crippen LogP contribution is -2.27. The second-order valence-electron chi connectivity index (χ2n) is 5.96. The van der Waals surface area contributed by atoms with Gasteiger partial charge in [0.05, 0.1) is 5.57 Å². The summed E-state index contributed by atoms with van der Waals surface area (Å²) >= 11 is 1.67. The molecular formula is C20H20N2O2S. The van der Waals surface area contributed by atoms with Gasteiger partial charge < -0.3 is 10.4 Å². The second-order valence-corrected chi connectivity index (χ2v) is 6.84. The first-order valence-corrected chi connectivity index (χ1v) is 9.21. The van der Waals surface area contributed by atoms with E-state index in [-0.39, 0.29) is 5.92 Å². The van der Waals surface area contributed by atoms with Crippen LogP contribution in [0.1, 0.15) is 30.9 Å². The molecule has 0 aliphatic carbocycles. The first-order chi connectivity index (χ1) is 12.0. The third kappa shape index (κ3) is 3.33. The van der Waals surface area contributed by atoms with Crippen LogP contribution in [0.15, 0.2) is 70.7 Å². The Hall–Kier alpha value is -2.53. The van der Waals surface area contributed by atoms with E-state index < -0.39 is 5.97 Å². The molecule has 1 aromatic carbocycles. The summed E-state index contributed by atoms with van der Waals surface area (Å²) in [5, 5.41) is 13.1. The highest BCUT2D eigenvalue weighted by Crippen LogP contribution is 2.43. The molecule has 0 amide bonds. The molecule has 0 saturated carbocycles. The first-order valence-electron chi connectivity index (χ1n) is 7.99. The Labute approximate surface area is 151 Å². The van der Waals surface area contributed by atoms with Gasteiger partial charge in [-0.3, -0.25) is 4.98 Å². The van der Waals surface area contributed by atoms with Crippen LogP contribution in [-0.2, 0) is 4.79 Å². The fourth-order valence-electron chi connectivity index (χ4n) is 3.31. The number of nitrogens with one attached hydrogen (secondary N) is 1. The number of allylic oxidation sites excluding steroid dienone is 3. The van der Waals surface area contributed by atoms with Gasteiger partial charge in [0.2, 0.25) is 0 Å². The van der Waals surface area contributed by atoms with Crippen molar-refractivity contribution in [1.82, 2.24) is 10.3 Å². The number of nitrogens with zero attached hydrogens (tertiary/aromatic N) is 1. The van der Waals surface area contributed by atoms with Gasteiger partial charge in [-0.2, -0.15) is 0 Å². The van der Waals surface area contributed by atoms with Crippen molar-refractivity contribution in [3.05, 3.63) is 76.9 Å². The summed E-state index contributed by atoms with van der Waals surface area (Å²) in [6, 6.07) is 11.9. The smallest absolute Gasteiger partial charge is 0.334 e. The number of carboxylic acid groups (broad SMARTS) is 1. The van der Waals surface area contributed by atoms with Crippen molar-refractivity contribution in [1.29, 1.82) is 0 Å². The minimum Gasteiger partial charge on any atom is -0.478 e. The quantitative estimate of drug-likeness (QED) is 0.804. The van der Waals surface area contributed by atoms with E-state index in [0.29, 0.717) is 11.3 Å². The summed E-state index contributed by atoms with van der Waals surface area (Å²) in [5.41, 5.74) is 4.85. The number of rotatable bonds is 4. The highest BCUT2D eigenvalue weighted by molar-refractivity contribution is 7.98. The van der Waals surface area contributed by atoms with Crippen LogP contribution in [0.3, 0.4) is 0 Å². The summed E-state index contributed by atoms with van der Waals surface area (Å²) in [4.78, 5) is 17.4. The molecule has 0 bridgehead atoms. The van der Waals surface area contributed by atoms with Gasteiger partial charge in [-0.15, -0.1) is 11.8 Å². The van der Waals surface area contributed by atoms with Gasteiger partial charge in [0.15, 0.2) is 0 Å². The zero-order valence-electron chi connectivity index (χ0n) is 14.4. The maximum atomic E-state index is 12.0. The van der Waals surface area contributed by atoms with E-state index in [4.69, 9.17) is 0 Å². The molecule has 25 heavy (non-hydrogen) atoms. The molecule has 2 N–H and O–H groups in total. The number of carboxylic acids is 1. The molecular weight excluding hydrogens is 332 g/mol.